The number of hydrogen-bond acceptors (Lipinski definition) is 4. The van der Waals surface area contributed by atoms with Crippen LogP contribution in [-0.2, 0) is 6.18 Å². The third-order valence-corrected chi connectivity index (χ3v) is 4.33. The lowest BCUT2D eigenvalue weighted by Gasteiger charge is -2.20. The van der Waals surface area contributed by atoms with Gasteiger partial charge in [-0.15, -0.1) is 0 Å². The summed E-state index contributed by atoms with van der Waals surface area (Å²) in [5, 5.41) is 12.9. The van der Waals surface area contributed by atoms with Gasteiger partial charge in [0, 0.05) is 18.8 Å². The summed E-state index contributed by atoms with van der Waals surface area (Å²) in [6.45, 7) is 4.37. The van der Waals surface area contributed by atoms with Crippen LogP contribution in [0.15, 0.2) is 30.5 Å². The number of rotatable bonds is 8. The molecule has 0 radical (unpaired) electrons. The van der Waals surface area contributed by atoms with Crippen LogP contribution in [0.25, 0.3) is 0 Å². The summed E-state index contributed by atoms with van der Waals surface area (Å²) < 4.78 is 43.5. The van der Waals surface area contributed by atoms with Gasteiger partial charge >= 0.3 is 6.18 Å². The molecular weight excluding hydrogens is 381 g/mol. The minimum absolute atomic E-state index is 0.0619. The Labute approximate surface area is 161 Å². The number of phenols is 1. The highest BCUT2D eigenvalue weighted by Crippen LogP contribution is 2.34. The number of ether oxygens (including phenoxy) is 1. The summed E-state index contributed by atoms with van der Waals surface area (Å²) in [6.07, 6.45) is -1.37. The second kappa shape index (κ2) is 9.17. The lowest BCUT2D eigenvalue weighted by atomic mass is 10.1. The van der Waals surface area contributed by atoms with E-state index in [0.717, 1.165) is 37.1 Å². The lowest BCUT2D eigenvalue weighted by molar-refractivity contribution is -0.137. The molecule has 0 spiro atoms. The zero-order valence-corrected chi connectivity index (χ0v) is 15.9. The first-order chi connectivity index (χ1) is 12.7. The Kier molecular flexibility index (Phi) is 7.18. The van der Waals surface area contributed by atoms with Crippen LogP contribution in [0, 0.1) is 6.92 Å². The van der Waals surface area contributed by atoms with Crippen molar-refractivity contribution in [3.63, 3.8) is 0 Å². The summed E-state index contributed by atoms with van der Waals surface area (Å²) in [5.74, 6) is 1.04. The molecule has 1 atom stereocenters. The minimum atomic E-state index is -4.38. The van der Waals surface area contributed by atoms with Crippen molar-refractivity contribution in [3.05, 3.63) is 46.6 Å². The monoisotopic (exact) mass is 402 g/mol. The van der Waals surface area contributed by atoms with Crippen molar-refractivity contribution in [3.8, 4) is 11.5 Å². The number of aromatic nitrogens is 1. The quantitative estimate of drug-likeness (QED) is 0.546. The molecule has 2 rings (SSSR count). The Bertz CT molecular complexity index is 729. The predicted molar refractivity (Wildman–Crippen MR) is 99.5 cm³/mol. The highest BCUT2D eigenvalue weighted by molar-refractivity contribution is 6.32. The van der Waals surface area contributed by atoms with E-state index in [9.17, 15) is 18.3 Å². The molecule has 0 bridgehead atoms. The van der Waals surface area contributed by atoms with E-state index in [0.29, 0.717) is 23.1 Å². The van der Waals surface area contributed by atoms with E-state index in [1.165, 1.54) is 12.1 Å². The van der Waals surface area contributed by atoms with E-state index in [4.69, 9.17) is 16.3 Å². The molecule has 0 aliphatic carbocycles. The Morgan fingerprint density at radius 1 is 1.30 bits per heavy atom. The molecule has 4 nitrogen and oxygen atoms in total. The van der Waals surface area contributed by atoms with Crippen molar-refractivity contribution in [2.75, 3.05) is 11.9 Å². The summed E-state index contributed by atoms with van der Waals surface area (Å²) >= 11 is 6.14. The van der Waals surface area contributed by atoms with Gasteiger partial charge in [-0.25, -0.2) is 4.98 Å². The van der Waals surface area contributed by atoms with Crippen molar-refractivity contribution in [1.82, 2.24) is 4.98 Å². The Morgan fingerprint density at radius 3 is 2.59 bits per heavy atom. The second-order valence-corrected chi connectivity index (χ2v) is 6.63. The highest BCUT2D eigenvalue weighted by atomic mass is 35.5. The molecule has 0 saturated heterocycles. The van der Waals surface area contributed by atoms with Crippen LogP contribution in [0.3, 0.4) is 0 Å². The highest BCUT2D eigenvalue weighted by Gasteiger charge is 2.30. The number of hydrogen-bond donors (Lipinski definition) is 2. The van der Waals surface area contributed by atoms with Crippen LogP contribution < -0.4 is 10.1 Å². The van der Waals surface area contributed by atoms with Gasteiger partial charge in [-0.2, -0.15) is 13.2 Å². The van der Waals surface area contributed by atoms with Crippen molar-refractivity contribution >= 4 is 17.4 Å². The summed E-state index contributed by atoms with van der Waals surface area (Å²) in [6, 6.07) is 5.35. The van der Waals surface area contributed by atoms with Gasteiger partial charge in [0.1, 0.15) is 17.3 Å². The molecule has 2 aromatic rings. The van der Waals surface area contributed by atoms with Gasteiger partial charge in [-0.05, 0) is 49.9 Å². The number of aryl methyl sites for hydroxylation is 1. The van der Waals surface area contributed by atoms with E-state index in [1.54, 1.807) is 6.07 Å². The van der Waals surface area contributed by atoms with Gasteiger partial charge in [0.2, 0.25) is 0 Å². The summed E-state index contributed by atoms with van der Waals surface area (Å²) in [5.41, 5.74) is -0.0147. The van der Waals surface area contributed by atoms with Gasteiger partial charge in [0.05, 0.1) is 16.7 Å². The fourth-order valence-corrected chi connectivity index (χ4v) is 2.89. The molecule has 1 aromatic carbocycles. The number of aromatic hydroxyl groups is 1. The SMILES string of the molecule is CCC(CCCNc1ccc(C(F)(F)F)cn1)Oc1c(C)cc(O)cc1Cl. The zero-order valence-electron chi connectivity index (χ0n) is 15.1. The van der Waals surface area contributed by atoms with Crippen LogP contribution in [0.1, 0.15) is 37.3 Å². The molecular formula is C19H22ClF3N2O2. The Balaban J connectivity index is 1.83. The number of pyridine rings is 1. The van der Waals surface area contributed by atoms with Gasteiger partial charge in [-0.1, -0.05) is 18.5 Å². The fraction of sp³-hybridized carbons (Fsp3) is 0.421. The standard InChI is InChI=1S/C19H22ClF3N2O2/c1-3-15(27-18-12(2)9-14(26)10-16(18)20)5-4-8-24-17-7-6-13(11-25-17)19(21,22)23/h6-7,9-11,15,26H,3-5,8H2,1-2H3,(H,24,25). The average Bonchev–Trinajstić information content (AvgIpc) is 2.59. The van der Waals surface area contributed by atoms with Gasteiger partial charge < -0.3 is 15.2 Å². The zero-order chi connectivity index (χ0) is 20.0. The van der Waals surface area contributed by atoms with Crippen LogP contribution >= 0.6 is 11.6 Å². The number of phenolic OH excluding ortho intramolecular Hbond substituents is 1. The molecule has 27 heavy (non-hydrogen) atoms. The molecule has 2 N–H and O–H groups in total. The molecule has 1 heterocycles. The number of anilines is 1. The van der Waals surface area contributed by atoms with Crippen LogP contribution in [0.4, 0.5) is 19.0 Å². The maximum absolute atomic E-state index is 12.5. The van der Waals surface area contributed by atoms with Crippen molar-refractivity contribution < 1.29 is 23.0 Å². The molecule has 0 aliphatic rings. The summed E-state index contributed by atoms with van der Waals surface area (Å²) in [4.78, 5) is 3.78. The first-order valence-electron chi connectivity index (χ1n) is 8.63. The van der Waals surface area contributed by atoms with E-state index < -0.39 is 11.7 Å². The van der Waals surface area contributed by atoms with Crippen LogP contribution in [0.5, 0.6) is 11.5 Å². The van der Waals surface area contributed by atoms with Crippen molar-refractivity contribution in [2.24, 2.45) is 0 Å². The Hall–Kier alpha value is -2.15. The molecule has 0 amide bonds. The van der Waals surface area contributed by atoms with E-state index in [1.807, 2.05) is 13.8 Å². The number of nitrogens with one attached hydrogen (secondary N) is 1. The van der Waals surface area contributed by atoms with Crippen LogP contribution in [0.2, 0.25) is 5.02 Å². The van der Waals surface area contributed by atoms with E-state index >= 15 is 0 Å². The van der Waals surface area contributed by atoms with Gasteiger partial charge in [0.25, 0.3) is 0 Å². The third kappa shape index (κ3) is 6.20. The summed E-state index contributed by atoms with van der Waals surface area (Å²) in [7, 11) is 0. The van der Waals surface area contributed by atoms with Gasteiger partial charge in [-0.3, -0.25) is 0 Å². The maximum Gasteiger partial charge on any atom is 0.417 e. The number of alkyl halides is 3. The fourth-order valence-electron chi connectivity index (χ4n) is 2.59. The van der Waals surface area contributed by atoms with E-state index in [2.05, 4.69) is 10.3 Å². The number of nitrogens with zero attached hydrogens (tertiary/aromatic N) is 1. The third-order valence-electron chi connectivity index (χ3n) is 4.05. The van der Waals surface area contributed by atoms with E-state index in [-0.39, 0.29) is 11.9 Å². The predicted octanol–water partition coefficient (Wildman–Crippen LogP) is 5.82. The lowest BCUT2D eigenvalue weighted by Crippen LogP contribution is -2.18. The Morgan fingerprint density at radius 2 is 2.04 bits per heavy atom. The smallest absolute Gasteiger partial charge is 0.417 e. The largest absolute Gasteiger partial charge is 0.508 e. The molecule has 1 unspecified atom stereocenters. The van der Waals surface area contributed by atoms with Crippen molar-refractivity contribution in [2.45, 2.75) is 45.4 Å². The molecule has 8 heteroatoms. The first kappa shape index (κ1) is 21.2. The molecule has 148 valence electrons. The topological polar surface area (TPSA) is 54.4 Å². The minimum Gasteiger partial charge on any atom is -0.508 e. The molecule has 0 saturated carbocycles. The first-order valence-corrected chi connectivity index (χ1v) is 9.01. The molecule has 0 aliphatic heterocycles. The van der Waals surface area contributed by atoms with Gasteiger partial charge in [0.15, 0.2) is 0 Å². The number of halogens is 4. The normalized spacial score (nSPS) is 12.7. The number of benzene rings is 1. The molecule has 1 aromatic heterocycles. The average molecular weight is 403 g/mol. The second-order valence-electron chi connectivity index (χ2n) is 6.22. The van der Waals surface area contributed by atoms with Crippen molar-refractivity contribution in [1.29, 1.82) is 0 Å². The maximum atomic E-state index is 12.5. The molecule has 0 fully saturated rings. The van der Waals surface area contributed by atoms with Crippen LogP contribution in [-0.4, -0.2) is 22.7 Å².